The molecule has 0 aliphatic heterocycles. The van der Waals surface area contributed by atoms with Crippen LogP contribution in [0.4, 0.5) is 0 Å². The molecule has 0 spiro atoms. The van der Waals surface area contributed by atoms with Crippen LogP contribution in [0.2, 0.25) is 0 Å². The lowest BCUT2D eigenvalue weighted by Gasteiger charge is -2.22. The van der Waals surface area contributed by atoms with Crippen LogP contribution in [-0.4, -0.2) is 4.57 Å². The van der Waals surface area contributed by atoms with Crippen LogP contribution in [0.25, 0.3) is 117 Å². The zero-order valence-corrected chi connectivity index (χ0v) is 41.6. The van der Waals surface area contributed by atoms with Crippen molar-refractivity contribution < 1.29 is 0 Å². The van der Waals surface area contributed by atoms with Crippen LogP contribution < -0.4 is 0 Å². The molecule has 1 heteroatoms. The molecule has 0 saturated carbocycles. The van der Waals surface area contributed by atoms with E-state index in [0.29, 0.717) is 0 Å². The highest BCUT2D eigenvalue weighted by molar-refractivity contribution is 6.10. The molecule has 1 nitrogen and oxygen atoms in total. The SMILES string of the molecule is CC1(C)c2ccccc2-c2ccc(-c3ccc(-c4cccc5cc6c(-c7ccc(-c8ccc9c(c8)C(C)(C)c8ccccc8-9)cc7)cc(-n7c(-c8ccccc8)ccc7-c7ccccc7)cc6cc45)cc3)cc21. The van der Waals surface area contributed by atoms with Gasteiger partial charge < -0.3 is 4.57 Å². The van der Waals surface area contributed by atoms with E-state index in [1.165, 1.54) is 122 Å². The highest BCUT2D eigenvalue weighted by Gasteiger charge is 2.36. The number of hydrogen-bond donors (Lipinski definition) is 0. The Morgan fingerprint density at radius 3 is 1.19 bits per heavy atom. The minimum atomic E-state index is -0.0584. The summed E-state index contributed by atoms with van der Waals surface area (Å²) < 4.78 is 2.46. The summed E-state index contributed by atoms with van der Waals surface area (Å²) in [4.78, 5) is 0. The van der Waals surface area contributed by atoms with Crippen LogP contribution in [0.5, 0.6) is 0 Å². The first-order valence-corrected chi connectivity index (χ1v) is 25.7. The second kappa shape index (κ2) is 16.4. The summed E-state index contributed by atoms with van der Waals surface area (Å²) in [5.41, 5.74) is 26.4. The molecule has 2 aliphatic rings. The predicted molar refractivity (Wildman–Crippen MR) is 309 cm³/mol. The minimum Gasteiger partial charge on any atom is -0.309 e. The topological polar surface area (TPSA) is 4.93 Å². The summed E-state index contributed by atoms with van der Waals surface area (Å²) in [6, 6.07) is 93.0. The maximum Gasteiger partial charge on any atom is 0.0535 e. The van der Waals surface area contributed by atoms with Crippen molar-refractivity contribution in [2.45, 2.75) is 38.5 Å². The maximum absolute atomic E-state index is 2.46. The van der Waals surface area contributed by atoms with Crippen molar-refractivity contribution in [2.24, 2.45) is 0 Å². The molecular formula is C72H53N. The third kappa shape index (κ3) is 6.83. The van der Waals surface area contributed by atoms with E-state index in [-0.39, 0.29) is 10.8 Å². The van der Waals surface area contributed by atoms with E-state index < -0.39 is 0 Å². The Morgan fingerprint density at radius 2 is 0.658 bits per heavy atom. The van der Waals surface area contributed by atoms with Crippen molar-refractivity contribution in [3.05, 3.63) is 271 Å². The van der Waals surface area contributed by atoms with Gasteiger partial charge in [-0.1, -0.05) is 228 Å². The van der Waals surface area contributed by atoms with Gasteiger partial charge in [-0.25, -0.2) is 0 Å². The third-order valence-corrected chi connectivity index (χ3v) is 16.4. The number of aromatic nitrogens is 1. The van der Waals surface area contributed by atoms with Gasteiger partial charge in [-0.15, -0.1) is 0 Å². The van der Waals surface area contributed by atoms with Crippen molar-refractivity contribution in [2.75, 3.05) is 0 Å². The van der Waals surface area contributed by atoms with Gasteiger partial charge in [-0.05, 0) is 170 Å². The standard InChI is InChI=1S/C72H53N/c1-71(2)65-24-13-11-21-58(65)60-36-34-52(43-67(60)71)46-26-30-48(31-27-46)57-23-15-20-54-41-63-55(42-62(54)57)40-56(73-69(50-16-7-5-8-17-50)38-39-70(73)51-18-9-6-10-19-51)45-64(63)49-32-28-47(29-33-49)53-35-37-61-59-22-12-14-25-66(59)72(3,4)68(61)44-53/h5-45H,1-4H3. The molecule has 0 N–H and O–H groups in total. The number of hydrogen-bond acceptors (Lipinski definition) is 0. The predicted octanol–water partition coefficient (Wildman–Crippen LogP) is 19.4. The summed E-state index contributed by atoms with van der Waals surface area (Å²) in [6.45, 7) is 9.43. The van der Waals surface area contributed by atoms with Crippen LogP contribution >= 0.6 is 0 Å². The van der Waals surface area contributed by atoms with Crippen LogP contribution in [0.3, 0.4) is 0 Å². The van der Waals surface area contributed by atoms with Gasteiger partial charge in [0.25, 0.3) is 0 Å². The molecular weight excluding hydrogens is 879 g/mol. The minimum absolute atomic E-state index is 0.0432. The van der Waals surface area contributed by atoms with E-state index in [9.17, 15) is 0 Å². The number of nitrogens with zero attached hydrogens (tertiary/aromatic N) is 1. The smallest absolute Gasteiger partial charge is 0.0535 e. The Morgan fingerprint density at radius 1 is 0.247 bits per heavy atom. The molecule has 346 valence electrons. The summed E-state index contributed by atoms with van der Waals surface area (Å²) in [6.07, 6.45) is 0. The van der Waals surface area contributed by atoms with Crippen molar-refractivity contribution in [1.29, 1.82) is 0 Å². The molecule has 2 aliphatic carbocycles. The van der Waals surface area contributed by atoms with Crippen molar-refractivity contribution >= 4 is 21.5 Å². The van der Waals surface area contributed by atoms with Gasteiger partial charge in [0.15, 0.2) is 0 Å². The van der Waals surface area contributed by atoms with Gasteiger partial charge in [0, 0.05) is 16.5 Å². The molecule has 0 fully saturated rings. The van der Waals surface area contributed by atoms with E-state index in [2.05, 4.69) is 281 Å². The van der Waals surface area contributed by atoms with Gasteiger partial charge in [0.05, 0.1) is 11.4 Å². The molecule has 0 amide bonds. The van der Waals surface area contributed by atoms with Crippen LogP contribution in [0.1, 0.15) is 49.9 Å². The second-order valence-electron chi connectivity index (χ2n) is 21.3. The molecule has 1 heterocycles. The zero-order valence-electron chi connectivity index (χ0n) is 41.6. The van der Waals surface area contributed by atoms with E-state index in [4.69, 9.17) is 0 Å². The number of benzene rings is 11. The van der Waals surface area contributed by atoms with Crippen molar-refractivity contribution in [1.82, 2.24) is 4.57 Å². The summed E-state index contributed by atoms with van der Waals surface area (Å²) >= 11 is 0. The van der Waals surface area contributed by atoms with Gasteiger partial charge in [0.1, 0.15) is 0 Å². The quantitative estimate of drug-likeness (QED) is 0.140. The van der Waals surface area contributed by atoms with Gasteiger partial charge in [-0.2, -0.15) is 0 Å². The van der Waals surface area contributed by atoms with Gasteiger partial charge in [0.2, 0.25) is 0 Å². The average molecular weight is 932 g/mol. The van der Waals surface area contributed by atoms with Gasteiger partial charge >= 0.3 is 0 Å². The molecule has 0 saturated heterocycles. The van der Waals surface area contributed by atoms with Crippen LogP contribution in [0.15, 0.2) is 249 Å². The summed E-state index contributed by atoms with van der Waals surface area (Å²) in [7, 11) is 0. The Hall–Kier alpha value is -8.78. The fourth-order valence-corrected chi connectivity index (χ4v) is 12.6. The first kappa shape index (κ1) is 43.0. The summed E-state index contributed by atoms with van der Waals surface area (Å²) in [5, 5.41) is 4.88. The largest absolute Gasteiger partial charge is 0.309 e. The lowest BCUT2D eigenvalue weighted by molar-refractivity contribution is 0.660. The van der Waals surface area contributed by atoms with E-state index >= 15 is 0 Å². The lowest BCUT2D eigenvalue weighted by Crippen LogP contribution is -2.14. The normalized spacial score (nSPS) is 13.7. The first-order valence-electron chi connectivity index (χ1n) is 25.7. The monoisotopic (exact) mass is 931 g/mol. The van der Waals surface area contributed by atoms with Gasteiger partial charge in [-0.3, -0.25) is 0 Å². The first-order chi connectivity index (χ1) is 35.7. The highest BCUT2D eigenvalue weighted by Crippen LogP contribution is 2.51. The maximum atomic E-state index is 2.46. The molecule has 73 heavy (non-hydrogen) atoms. The Labute approximate surface area is 428 Å². The Balaban J connectivity index is 0.906. The fourth-order valence-electron chi connectivity index (χ4n) is 12.6. The third-order valence-electron chi connectivity index (χ3n) is 16.4. The zero-order chi connectivity index (χ0) is 49.0. The van der Waals surface area contributed by atoms with Crippen molar-refractivity contribution in [3.8, 4) is 95.0 Å². The number of rotatable bonds is 7. The van der Waals surface area contributed by atoms with Crippen LogP contribution in [-0.2, 0) is 10.8 Å². The average Bonchev–Trinajstić information content (AvgIpc) is 4.06. The lowest BCUT2D eigenvalue weighted by atomic mass is 9.81. The Bertz CT molecular complexity index is 4090. The molecule has 14 rings (SSSR count). The molecule has 11 aromatic carbocycles. The molecule has 0 atom stereocenters. The molecule has 0 unspecified atom stereocenters. The van der Waals surface area contributed by atoms with Crippen LogP contribution in [0, 0.1) is 0 Å². The fraction of sp³-hybridized carbons (Fsp3) is 0.0833. The van der Waals surface area contributed by atoms with E-state index in [0.717, 1.165) is 17.1 Å². The molecule has 1 aromatic heterocycles. The van der Waals surface area contributed by atoms with Crippen molar-refractivity contribution in [3.63, 3.8) is 0 Å². The number of fused-ring (bicyclic) bond motifs is 8. The molecule has 0 radical (unpaired) electrons. The molecule has 0 bridgehead atoms. The Kier molecular flexibility index (Phi) is 9.66. The van der Waals surface area contributed by atoms with E-state index in [1.54, 1.807) is 0 Å². The summed E-state index contributed by atoms with van der Waals surface area (Å²) in [5.74, 6) is 0. The second-order valence-corrected chi connectivity index (χ2v) is 21.3. The molecule has 12 aromatic rings. The highest BCUT2D eigenvalue weighted by atomic mass is 15.0. The van der Waals surface area contributed by atoms with E-state index in [1.807, 2.05) is 0 Å².